The third-order valence-electron chi connectivity index (χ3n) is 3.90. The van der Waals surface area contributed by atoms with Crippen LogP contribution >= 0.6 is 27.7 Å². The van der Waals surface area contributed by atoms with Gasteiger partial charge in [0.1, 0.15) is 28.5 Å². The summed E-state index contributed by atoms with van der Waals surface area (Å²) in [6.07, 6.45) is 0. The van der Waals surface area contributed by atoms with E-state index < -0.39 is 40.6 Å². The molecule has 11 heteroatoms. The Morgan fingerprint density at radius 1 is 1.29 bits per heavy atom. The Morgan fingerprint density at radius 3 is 2.48 bits per heavy atom. The van der Waals surface area contributed by atoms with E-state index in [9.17, 15) is 24.3 Å². The first-order chi connectivity index (χ1) is 14.6. The number of hydrogen-bond donors (Lipinski definition) is 2. The summed E-state index contributed by atoms with van der Waals surface area (Å²) in [7, 11) is 0. The number of carbonyl (C=O) groups excluding carboxylic acids is 4. The van der Waals surface area contributed by atoms with Crippen LogP contribution in [0.1, 0.15) is 20.8 Å². The Morgan fingerprint density at radius 2 is 1.94 bits per heavy atom. The third kappa shape index (κ3) is 6.47. The molecular weight excluding hydrogens is 492 g/mol. The number of halogens is 1. The van der Waals surface area contributed by atoms with Crippen molar-refractivity contribution >= 4 is 51.1 Å². The highest BCUT2D eigenvalue weighted by molar-refractivity contribution is 9.09. The average Bonchev–Trinajstić information content (AvgIpc) is 2.72. The van der Waals surface area contributed by atoms with Gasteiger partial charge in [0, 0.05) is 0 Å². The van der Waals surface area contributed by atoms with Gasteiger partial charge in [-0.3, -0.25) is 19.3 Å². The summed E-state index contributed by atoms with van der Waals surface area (Å²) in [5.41, 5.74) is -0.776. The topological polar surface area (TPSA) is 122 Å². The van der Waals surface area contributed by atoms with Crippen molar-refractivity contribution in [2.24, 2.45) is 0 Å². The molecule has 1 heterocycles. The molecule has 2 N–H and O–H groups in total. The first kappa shape index (κ1) is 24.7. The highest BCUT2D eigenvalue weighted by Gasteiger charge is 2.53. The van der Waals surface area contributed by atoms with Gasteiger partial charge in [-0.15, -0.1) is 0 Å². The SMILES string of the molecule is CC(C)(C)OC(=O)/C(=C(\O)CBr)N1C(=O)C(NC(=O)COc2ccccc2)C1SC=O. The number of amides is 2. The van der Waals surface area contributed by atoms with Gasteiger partial charge in [0.15, 0.2) is 17.9 Å². The van der Waals surface area contributed by atoms with E-state index in [1.54, 1.807) is 51.1 Å². The highest BCUT2D eigenvalue weighted by atomic mass is 79.9. The van der Waals surface area contributed by atoms with E-state index in [1.807, 2.05) is 0 Å². The van der Waals surface area contributed by atoms with Crippen LogP contribution in [-0.2, 0) is 23.9 Å². The number of aliphatic hydroxyl groups excluding tert-OH is 1. The van der Waals surface area contributed by atoms with Crippen molar-refractivity contribution in [1.82, 2.24) is 10.2 Å². The molecule has 2 unspecified atom stereocenters. The molecule has 9 nitrogen and oxygen atoms in total. The monoisotopic (exact) mass is 514 g/mol. The number of nitrogens with one attached hydrogen (secondary N) is 1. The lowest BCUT2D eigenvalue weighted by Crippen LogP contribution is -2.70. The van der Waals surface area contributed by atoms with Crippen molar-refractivity contribution < 1.29 is 33.8 Å². The number of benzene rings is 1. The minimum Gasteiger partial charge on any atom is -0.509 e. The van der Waals surface area contributed by atoms with E-state index in [0.29, 0.717) is 23.1 Å². The molecule has 0 radical (unpaired) electrons. The maximum atomic E-state index is 12.8. The average molecular weight is 515 g/mol. The smallest absolute Gasteiger partial charge is 0.359 e. The van der Waals surface area contributed by atoms with Crippen molar-refractivity contribution in [3.05, 3.63) is 41.8 Å². The Bertz CT molecular complexity index is 870. The summed E-state index contributed by atoms with van der Waals surface area (Å²) >= 11 is 3.73. The van der Waals surface area contributed by atoms with Gasteiger partial charge in [0.05, 0.1) is 5.33 Å². The molecule has 0 saturated carbocycles. The zero-order chi connectivity index (χ0) is 23.2. The van der Waals surface area contributed by atoms with Crippen LogP contribution in [0.15, 0.2) is 41.8 Å². The fourth-order valence-corrected chi connectivity index (χ4v) is 3.71. The number of aliphatic hydroxyl groups is 1. The number of allylic oxidation sites excluding steroid dienone is 1. The lowest BCUT2D eigenvalue weighted by molar-refractivity contribution is -0.159. The second kappa shape index (κ2) is 10.7. The number of likely N-dealkylation sites (tertiary alicyclic amines) is 1. The lowest BCUT2D eigenvalue weighted by Gasteiger charge is -2.46. The van der Waals surface area contributed by atoms with Crippen LogP contribution < -0.4 is 10.1 Å². The predicted molar refractivity (Wildman–Crippen MR) is 118 cm³/mol. The van der Waals surface area contributed by atoms with E-state index in [4.69, 9.17) is 9.47 Å². The highest BCUT2D eigenvalue weighted by Crippen LogP contribution is 2.35. The van der Waals surface area contributed by atoms with Crippen molar-refractivity contribution in [3.8, 4) is 5.75 Å². The molecule has 2 atom stereocenters. The number of esters is 1. The Labute approximate surface area is 192 Å². The van der Waals surface area contributed by atoms with Gasteiger partial charge in [-0.05, 0) is 32.9 Å². The largest absolute Gasteiger partial charge is 0.509 e. The molecule has 1 aromatic carbocycles. The number of carbonyl (C=O) groups is 4. The van der Waals surface area contributed by atoms with Crippen LogP contribution in [0, 0.1) is 0 Å². The first-order valence-corrected chi connectivity index (χ1v) is 11.3. The molecular formula is C20H23BrN2O7S. The maximum Gasteiger partial charge on any atom is 0.359 e. The van der Waals surface area contributed by atoms with Crippen LogP contribution in [0.25, 0.3) is 0 Å². The normalized spacial score (nSPS) is 19.1. The second-order valence-corrected chi connectivity index (χ2v) is 8.92. The molecule has 1 saturated heterocycles. The summed E-state index contributed by atoms with van der Waals surface area (Å²) in [6, 6.07) is 7.57. The number of hydrogen-bond acceptors (Lipinski definition) is 8. The van der Waals surface area contributed by atoms with Crippen molar-refractivity contribution in [2.45, 2.75) is 37.8 Å². The summed E-state index contributed by atoms with van der Waals surface area (Å²) in [5.74, 6) is -2.12. The third-order valence-corrected chi connectivity index (χ3v) is 5.30. The van der Waals surface area contributed by atoms with E-state index in [0.717, 1.165) is 4.90 Å². The molecule has 168 valence electrons. The molecule has 0 aromatic heterocycles. The molecule has 0 aliphatic carbocycles. The Hall–Kier alpha value is -2.53. The van der Waals surface area contributed by atoms with Crippen LogP contribution in [0.5, 0.6) is 5.75 Å². The number of rotatable bonds is 9. The molecule has 1 fully saturated rings. The molecule has 1 aromatic rings. The van der Waals surface area contributed by atoms with Gasteiger partial charge >= 0.3 is 5.97 Å². The summed E-state index contributed by atoms with van der Waals surface area (Å²) in [4.78, 5) is 49.7. The quantitative estimate of drug-likeness (QED) is 0.128. The van der Waals surface area contributed by atoms with Crippen molar-refractivity contribution in [1.29, 1.82) is 0 Å². The fraction of sp³-hybridized carbons (Fsp3) is 0.400. The minimum atomic E-state index is -1.08. The lowest BCUT2D eigenvalue weighted by atomic mass is 10.0. The van der Waals surface area contributed by atoms with E-state index in [1.165, 1.54) is 0 Å². The van der Waals surface area contributed by atoms with Gasteiger partial charge < -0.3 is 19.9 Å². The Kier molecular flexibility index (Phi) is 8.52. The van der Waals surface area contributed by atoms with Gasteiger partial charge in [0.2, 0.25) is 0 Å². The number of β-lactam (4-membered cyclic amide) rings is 1. The molecule has 2 rings (SSSR count). The first-order valence-electron chi connectivity index (χ1n) is 9.20. The number of alkyl halides is 1. The number of thioether (sulfide) groups is 1. The van der Waals surface area contributed by atoms with Crippen LogP contribution in [0.2, 0.25) is 0 Å². The van der Waals surface area contributed by atoms with E-state index >= 15 is 0 Å². The molecule has 1 aliphatic heterocycles. The van der Waals surface area contributed by atoms with Gasteiger partial charge in [-0.2, -0.15) is 0 Å². The fourth-order valence-electron chi connectivity index (χ4n) is 2.66. The van der Waals surface area contributed by atoms with Gasteiger partial charge in [-0.1, -0.05) is 45.9 Å². The maximum absolute atomic E-state index is 12.8. The number of nitrogens with zero attached hydrogens (tertiary/aromatic N) is 1. The number of para-hydroxylation sites is 1. The molecule has 2 amide bonds. The molecule has 0 spiro atoms. The summed E-state index contributed by atoms with van der Waals surface area (Å²) in [6.45, 7) is 4.57. The second-order valence-electron chi connectivity index (χ2n) is 7.41. The van der Waals surface area contributed by atoms with E-state index in [2.05, 4.69) is 21.2 Å². The standard InChI is InChI=1S/C20H23BrN2O7S/c1-20(2,3)30-19(28)16(13(25)9-21)23-17(27)15(18(23)31-11-24)22-14(26)10-29-12-7-5-4-6-8-12/h4-8,11,15,18,25H,9-10H2,1-3H3,(H,22,26)/b16-13+. The summed E-state index contributed by atoms with van der Waals surface area (Å²) < 4.78 is 10.6. The van der Waals surface area contributed by atoms with Gasteiger partial charge in [-0.25, -0.2) is 4.79 Å². The molecule has 1 aliphatic rings. The van der Waals surface area contributed by atoms with Crippen molar-refractivity contribution in [2.75, 3.05) is 11.9 Å². The predicted octanol–water partition coefficient (Wildman–Crippen LogP) is 2.15. The van der Waals surface area contributed by atoms with Crippen LogP contribution in [-0.4, -0.2) is 62.4 Å². The summed E-state index contributed by atoms with van der Waals surface area (Å²) in [5, 5.41) is 11.7. The zero-order valence-electron chi connectivity index (χ0n) is 17.2. The number of ether oxygens (including phenoxy) is 2. The van der Waals surface area contributed by atoms with E-state index in [-0.39, 0.29) is 17.6 Å². The van der Waals surface area contributed by atoms with Gasteiger partial charge in [0.25, 0.3) is 11.8 Å². The van der Waals surface area contributed by atoms with Crippen molar-refractivity contribution in [3.63, 3.8) is 0 Å². The molecule has 31 heavy (non-hydrogen) atoms. The van der Waals surface area contributed by atoms with Crippen LogP contribution in [0.4, 0.5) is 0 Å². The molecule has 0 bridgehead atoms. The Balaban J connectivity index is 2.14. The minimum absolute atomic E-state index is 0.119. The van der Waals surface area contributed by atoms with Crippen LogP contribution in [0.3, 0.4) is 0 Å². The zero-order valence-corrected chi connectivity index (χ0v) is 19.6.